The lowest BCUT2D eigenvalue weighted by Gasteiger charge is -2.16. The van der Waals surface area contributed by atoms with Gasteiger partial charge < -0.3 is 5.32 Å². The van der Waals surface area contributed by atoms with Gasteiger partial charge in [0.05, 0.1) is 0 Å². The van der Waals surface area contributed by atoms with E-state index in [1.165, 1.54) is 0 Å². The third-order valence-corrected chi connectivity index (χ3v) is 2.18. The van der Waals surface area contributed by atoms with Gasteiger partial charge in [0.25, 0.3) is 0 Å². The van der Waals surface area contributed by atoms with E-state index >= 15 is 0 Å². The van der Waals surface area contributed by atoms with Crippen molar-refractivity contribution in [1.29, 1.82) is 0 Å². The molecule has 2 rings (SSSR count). The summed E-state index contributed by atoms with van der Waals surface area (Å²) in [4.78, 5) is 4.31. The molecule has 0 fully saturated rings. The Hall–Kier alpha value is -1.83. The molecule has 1 aromatic rings. The molecule has 1 heterocycles. The second-order valence-corrected chi connectivity index (χ2v) is 3.26. The van der Waals surface area contributed by atoms with E-state index < -0.39 is 0 Å². The zero-order valence-corrected chi connectivity index (χ0v) is 8.12. The van der Waals surface area contributed by atoms with Crippen LogP contribution in [0.3, 0.4) is 0 Å². The summed E-state index contributed by atoms with van der Waals surface area (Å²) < 4.78 is 0. The van der Waals surface area contributed by atoms with Gasteiger partial charge in [0.15, 0.2) is 0 Å². The SMILES string of the molecule is C=C1NC(c2ccccc2)=NC=C1C. The summed E-state index contributed by atoms with van der Waals surface area (Å²) in [7, 11) is 0. The first-order valence-corrected chi connectivity index (χ1v) is 4.53. The minimum atomic E-state index is 0.862. The summed E-state index contributed by atoms with van der Waals surface area (Å²) in [6.45, 7) is 5.90. The fourth-order valence-corrected chi connectivity index (χ4v) is 1.26. The topological polar surface area (TPSA) is 24.4 Å². The number of allylic oxidation sites excluding steroid dienone is 1. The van der Waals surface area contributed by atoms with E-state index in [2.05, 4.69) is 16.9 Å². The van der Waals surface area contributed by atoms with Crippen molar-refractivity contribution in [3.05, 3.63) is 59.9 Å². The van der Waals surface area contributed by atoms with Crippen LogP contribution in [-0.4, -0.2) is 5.84 Å². The highest BCUT2D eigenvalue weighted by atomic mass is 15.0. The minimum absolute atomic E-state index is 0.862. The van der Waals surface area contributed by atoms with Gasteiger partial charge >= 0.3 is 0 Å². The first-order chi connectivity index (χ1) is 6.77. The summed E-state index contributed by atoms with van der Waals surface area (Å²) in [5.74, 6) is 0.862. The molecule has 0 atom stereocenters. The van der Waals surface area contributed by atoms with Crippen molar-refractivity contribution in [2.24, 2.45) is 4.99 Å². The van der Waals surface area contributed by atoms with Gasteiger partial charge in [-0.15, -0.1) is 0 Å². The highest BCUT2D eigenvalue weighted by Crippen LogP contribution is 2.11. The van der Waals surface area contributed by atoms with Gasteiger partial charge in [0.2, 0.25) is 0 Å². The van der Waals surface area contributed by atoms with E-state index in [1.807, 2.05) is 43.5 Å². The number of amidine groups is 1. The molecule has 0 radical (unpaired) electrons. The summed E-state index contributed by atoms with van der Waals surface area (Å²) in [5.41, 5.74) is 3.07. The summed E-state index contributed by atoms with van der Waals surface area (Å²) in [5, 5.41) is 3.17. The standard InChI is InChI=1S/C12H12N2/c1-9-8-13-12(14-10(9)2)11-6-4-3-5-7-11/h3-8H,2H2,1H3,(H,13,14). The molecule has 0 aromatic heterocycles. The average molecular weight is 184 g/mol. The molecular weight excluding hydrogens is 172 g/mol. The second kappa shape index (κ2) is 3.50. The van der Waals surface area contributed by atoms with Crippen molar-refractivity contribution in [2.75, 3.05) is 0 Å². The van der Waals surface area contributed by atoms with Gasteiger partial charge in [-0.1, -0.05) is 36.9 Å². The first-order valence-electron chi connectivity index (χ1n) is 4.53. The molecule has 0 amide bonds. The zero-order chi connectivity index (χ0) is 9.97. The predicted molar refractivity (Wildman–Crippen MR) is 59.0 cm³/mol. The Balaban J connectivity index is 2.35. The molecule has 0 spiro atoms. The van der Waals surface area contributed by atoms with Gasteiger partial charge in [-0.25, -0.2) is 4.99 Å². The maximum Gasteiger partial charge on any atom is 0.137 e. The van der Waals surface area contributed by atoms with Crippen molar-refractivity contribution >= 4 is 5.84 Å². The number of aliphatic imine (C=N–C) groups is 1. The molecule has 1 aromatic carbocycles. The maximum absolute atomic E-state index is 4.31. The quantitative estimate of drug-likeness (QED) is 0.712. The number of hydrogen-bond donors (Lipinski definition) is 1. The van der Waals surface area contributed by atoms with Crippen LogP contribution in [0.4, 0.5) is 0 Å². The normalized spacial score (nSPS) is 15.6. The number of hydrogen-bond acceptors (Lipinski definition) is 2. The van der Waals surface area contributed by atoms with E-state index in [0.717, 1.165) is 22.7 Å². The number of nitrogens with one attached hydrogen (secondary N) is 1. The van der Waals surface area contributed by atoms with Crippen LogP contribution in [-0.2, 0) is 0 Å². The first kappa shape index (κ1) is 8.75. The molecule has 1 aliphatic heterocycles. The van der Waals surface area contributed by atoms with Crippen LogP contribution in [0.25, 0.3) is 0 Å². The van der Waals surface area contributed by atoms with Crippen LogP contribution < -0.4 is 5.32 Å². The highest BCUT2D eigenvalue weighted by Gasteiger charge is 2.08. The lowest BCUT2D eigenvalue weighted by Crippen LogP contribution is -2.26. The Morgan fingerprint density at radius 2 is 1.93 bits per heavy atom. The monoisotopic (exact) mass is 184 g/mol. The molecular formula is C12H12N2. The van der Waals surface area contributed by atoms with Crippen molar-refractivity contribution < 1.29 is 0 Å². The average Bonchev–Trinajstić information content (AvgIpc) is 2.23. The molecule has 0 aliphatic carbocycles. The number of rotatable bonds is 1. The minimum Gasteiger partial charge on any atom is -0.340 e. The molecule has 0 saturated heterocycles. The van der Waals surface area contributed by atoms with Crippen molar-refractivity contribution in [2.45, 2.75) is 6.92 Å². The van der Waals surface area contributed by atoms with E-state index in [-0.39, 0.29) is 0 Å². The van der Waals surface area contributed by atoms with Crippen molar-refractivity contribution in [3.63, 3.8) is 0 Å². The second-order valence-electron chi connectivity index (χ2n) is 3.26. The Bertz CT molecular complexity index is 413. The lowest BCUT2D eigenvalue weighted by molar-refractivity contribution is 1.08. The Morgan fingerprint density at radius 1 is 1.21 bits per heavy atom. The van der Waals surface area contributed by atoms with Crippen LogP contribution in [0, 0.1) is 0 Å². The van der Waals surface area contributed by atoms with Crippen molar-refractivity contribution in [3.8, 4) is 0 Å². The van der Waals surface area contributed by atoms with Gasteiger partial charge in [-0.3, -0.25) is 0 Å². The van der Waals surface area contributed by atoms with E-state index in [4.69, 9.17) is 0 Å². The van der Waals surface area contributed by atoms with Gasteiger partial charge in [-0.2, -0.15) is 0 Å². The molecule has 0 saturated carbocycles. The third-order valence-electron chi connectivity index (χ3n) is 2.18. The Morgan fingerprint density at radius 3 is 2.57 bits per heavy atom. The van der Waals surface area contributed by atoms with Crippen molar-refractivity contribution in [1.82, 2.24) is 5.32 Å². The van der Waals surface area contributed by atoms with E-state index in [0.29, 0.717) is 0 Å². The van der Waals surface area contributed by atoms with Crippen LogP contribution in [0.1, 0.15) is 12.5 Å². The summed E-state index contributed by atoms with van der Waals surface area (Å²) in [6, 6.07) is 10.0. The highest BCUT2D eigenvalue weighted by molar-refractivity contribution is 6.01. The smallest absolute Gasteiger partial charge is 0.137 e. The summed E-state index contributed by atoms with van der Waals surface area (Å²) >= 11 is 0. The number of benzene rings is 1. The Kier molecular flexibility index (Phi) is 2.19. The molecule has 70 valence electrons. The van der Waals surface area contributed by atoms with E-state index in [1.54, 1.807) is 0 Å². The van der Waals surface area contributed by atoms with Gasteiger partial charge in [-0.05, 0) is 12.5 Å². The zero-order valence-electron chi connectivity index (χ0n) is 8.12. The summed E-state index contributed by atoms with van der Waals surface area (Å²) in [6.07, 6.45) is 1.83. The fraction of sp³-hybridized carbons (Fsp3) is 0.0833. The largest absolute Gasteiger partial charge is 0.340 e. The fourth-order valence-electron chi connectivity index (χ4n) is 1.26. The van der Waals surface area contributed by atoms with Crippen LogP contribution >= 0.6 is 0 Å². The maximum atomic E-state index is 4.31. The lowest BCUT2D eigenvalue weighted by atomic mass is 10.1. The van der Waals surface area contributed by atoms with Gasteiger partial charge in [0.1, 0.15) is 5.84 Å². The molecule has 2 nitrogen and oxygen atoms in total. The number of nitrogens with zero attached hydrogens (tertiary/aromatic N) is 1. The van der Waals surface area contributed by atoms with Gasteiger partial charge in [0, 0.05) is 17.5 Å². The molecule has 1 aliphatic rings. The predicted octanol–water partition coefficient (Wildman–Crippen LogP) is 2.45. The van der Waals surface area contributed by atoms with E-state index in [9.17, 15) is 0 Å². The Labute approximate surface area is 83.7 Å². The molecule has 0 unspecified atom stereocenters. The molecule has 2 heteroatoms. The molecule has 14 heavy (non-hydrogen) atoms. The molecule has 0 bridgehead atoms. The van der Waals surface area contributed by atoms with Crippen LogP contribution in [0.15, 0.2) is 59.4 Å². The molecule has 1 N–H and O–H groups in total. The van der Waals surface area contributed by atoms with Crippen LogP contribution in [0.5, 0.6) is 0 Å². The van der Waals surface area contributed by atoms with Crippen LogP contribution in [0.2, 0.25) is 0 Å². The third kappa shape index (κ3) is 1.59.